The summed E-state index contributed by atoms with van der Waals surface area (Å²) in [5.74, 6) is 1.09. The van der Waals surface area contributed by atoms with Gasteiger partial charge in [-0.3, -0.25) is 4.90 Å². The summed E-state index contributed by atoms with van der Waals surface area (Å²) in [5.41, 5.74) is 1.37. The van der Waals surface area contributed by atoms with Gasteiger partial charge >= 0.3 is 0 Å². The van der Waals surface area contributed by atoms with Gasteiger partial charge < -0.3 is 10.1 Å². The molecule has 1 saturated heterocycles. The molecule has 2 aliphatic rings. The van der Waals surface area contributed by atoms with Crippen molar-refractivity contribution in [1.82, 2.24) is 10.2 Å². The first kappa shape index (κ1) is 12.0. The molecule has 1 N–H and O–H groups in total. The van der Waals surface area contributed by atoms with Gasteiger partial charge in [-0.1, -0.05) is 25.1 Å². The number of benzene rings is 1. The number of hydrogen-bond donors (Lipinski definition) is 1. The number of fused-ring (bicyclic) bond motifs is 1. The Kier molecular flexibility index (Phi) is 3.52. The monoisotopic (exact) mass is 246 g/mol. The van der Waals surface area contributed by atoms with Gasteiger partial charge in [0.05, 0.1) is 0 Å². The summed E-state index contributed by atoms with van der Waals surface area (Å²) < 4.78 is 6.02. The zero-order valence-corrected chi connectivity index (χ0v) is 11.1. The Labute approximate surface area is 109 Å². The fourth-order valence-electron chi connectivity index (χ4n) is 2.98. The second-order valence-corrected chi connectivity index (χ2v) is 5.37. The van der Waals surface area contributed by atoms with E-state index in [1.54, 1.807) is 0 Å². The Morgan fingerprint density at radius 1 is 1.39 bits per heavy atom. The van der Waals surface area contributed by atoms with Crippen molar-refractivity contribution < 1.29 is 4.74 Å². The molecule has 0 bridgehead atoms. The van der Waals surface area contributed by atoms with Crippen LogP contribution in [0.15, 0.2) is 24.3 Å². The Morgan fingerprint density at radius 3 is 3.11 bits per heavy atom. The van der Waals surface area contributed by atoms with Crippen LogP contribution < -0.4 is 10.1 Å². The van der Waals surface area contributed by atoms with Crippen LogP contribution >= 0.6 is 0 Å². The highest BCUT2D eigenvalue weighted by molar-refractivity contribution is 5.37. The van der Waals surface area contributed by atoms with E-state index in [1.165, 1.54) is 12.0 Å². The number of nitrogens with zero attached hydrogens (tertiary/aromatic N) is 1. The van der Waals surface area contributed by atoms with Gasteiger partial charge in [-0.25, -0.2) is 0 Å². The summed E-state index contributed by atoms with van der Waals surface area (Å²) in [7, 11) is 0. The quantitative estimate of drug-likeness (QED) is 0.878. The third-order valence-corrected chi connectivity index (χ3v) is 4.01. The molecule has 0 aromatic heterocycles. The minimum absolute atomic E-state index is 0.345. The van der Waals surface area contributed by atoms with Crippen LogP contribution in [-0.2, 0) is 6.42 Å². The minimum Gasteiger partial charge on any atom is -0.488 e. The Balaban J connectivity index is 1.56. The lowest BCUT2D eigenvalue weighted by Crippen LogP contribution is -2.52. The van der Waals surface area contributed by atoms with Crippen LogP contribution in [0.3, 0.4) is 0 Å². The SMILES string of the molecule is CCC1CN(CC2Cc3ccccc3O2)CCN1. The first-order chi connectivity index (χ1) is 8.85. The molecule has 0 spiro atoms. The summed E-state index contributed by atoms with van der Waals surface area (Å²) in [6.45, 7) is 6.73. The van der Waals surface area contributed by atoms with Crippen molar-refractivity contribution in [3.8, 4) is 5.75 Å². The maximum absolute atomic E-state index is 6.02. The highest BCUT2D eigenvalue weighted by Crippen LogP contribution is 2.28. The van der Waals surface area contributed by atoms with Crippen molar-refractivity contribution in [2.75, 3.05) is 26.2 Å². The number of ether oxygens (including phenoxy) is 1. The molecular formula is C15H22N2O. The van der Waals surface area contributed by atoms with E-state index in [1.807, 2.05) is 0 Å². The number of nitrogens with one attached hydrogen (secondary N) is 1. The number of piperazine rings is 1. The third-order valence-electron chi connectivity index (χ3n) is 4.01. The van der Waals surface area contributed by atoms with Crippen LogP contribution in [-0.4, -0.2) is 43.2 Å². The molecule has 2 heterocycles. The lowest BCUT2D eigenvalue weighted by Gasteiger charge is -2.34. The highest BCUT2D eigenvalue weighted by atomic mass is 16.5. The number of rotatable bonds is 3. The average Bonchev–Trinajstić information content (AvgIpc) is 2.81. The first-order valence-electron chi connectivity index (χ1n) is 7.05. The predicted octanol–water partition coefficient (Wildman–Crippen LogP) is 1.67. The summed E-state index contributed by atoms with van der Waals surface area (Å²) >= 11 is 0. The smallest absolute Gasteiger partial charge is 0.123 e. The molecule has 18 heavy (non-hydrogen) atoms. The molecule has 0 amide bonds. The number of para-hydroxylation sites is 1. The van der Waals surface area contributed by atoms with E-state index >= 15 is 0 Å². The lowest BCUT2D eigenvalue weighted by atomic mass is 10.1. The van der Waals surface area contributed by atoms with Crippen molar-refractivity contribution in [3.05, 3.63) is 29.8 Å². The fourth-order valence-corrected chi connectivity index (χ4v) is 2.98. The molecule has 0 aliphatic carbocycles. The molecule has 0 radical (unpaired) electrons. The van der Waals surface area contributed by atoms with Crippen LogP contribution in [0.25, 0.3) is 0 Å². The van der Waals surface area contributed by atoms with Crippen LogP contribution in [0.1, 0.15) is 18.9 Å². The predicted molar refractivity (Wildman–Crippen MR) is 73.1 cm³/mol. The normalized spacial score (nSPS) is 27.8. The number of hydrogen-bond acceptors (Lipinski definition) is 3. The molecule has 3 heteroatoms. The van der Waals surface area contributed by atoms with E-state index in [9.17, 15) is 0 Å². The molecule has 3 nitrogen and oxygen atoms in total. The summed E-state index contributed by atoms with van der Waals surface area (Å²) in [5, 5.41) is 3.56. The van der Waals surface area contributed by atoms with Crippen molar-refractivity contribution in [2.24, 2.45) is 0 Å². The summed E-state index contributed by atoms with van der Waals surface area (Å²) in [4.78, 5) is 2.54. The van der Waals surface area contributed by atoms with E-state index in [4.69, 9.17) is 4.74 Å². The molecule has 2 aliphatic heterocycles. The van der Waals surface area contributed by atoms with Crippen LogP contribution in [0.5, 0.6) is 5.75 Å². The molecular weight excluding hydrogens is 224 g/mol. The van der Waals surface area contributed by atoms with Crippen molar-refractivity contribution in [2.45, 2.75) is 31.9 Å². The maximum Gasteiger partial charge on any atom is 0.123 e. The van der Waals surface area contributed by atoms with Gasteiger partial charge in [0.25, 0.3) is 0 Å². The van der Waals surface area contributed by atoms with Gasteiger partial charge in [0.1, 0.15) is 11.9 Å². The Morgan fingerprint density at radius 2 is 2.28 bits per heavy atom. The molecule has 1 aromatic carbocycles. The largest absolute Gasteiger partial charge is 0.488 e. The molecule has 98 valence electrons. The third kappa shape index (κ3) is 2.52. The van der Waals surface area contributed by atoms with Gasteiger partial charge in [0.15, 0.2) is 0 Å². The van der Waals surface area contributed by atoms with Crippen molar-refractivity contribution in [1.29, 1.82) is 0 Å². The van der Waals surface area contributed by atoms with E-state index in [-0.39, 0.29) is 0 Å². The lowest BCUT2D eigenvalue weighted by molar-refractivity contribution is 0.122. The molecule has 1 aromatic rings. The van der Waals surface area contributed by atoms with Gasteiger partial charge in [-0.2, -0.15) is 0 Å². The zero-order chi connectivity index (χ0) is 12.4. The zero-order valence-electron chi connectivity index (χ0n) is 11.1. The standard InChI is InChI=1S/C15H22N2O/c1-2-13-10-17(8-7-16-13)11-14-9-12-5-3-4-6-15(12)18-14/h3-6,13-14,16H,2,7-11H2,1H3. The first-order valence-corrected chi connectivity index (χ1v) is 7.05. The van der Waals surface area contributed by atoms with Gasteiger partial charge in [0, 0.05) is 38.6 Å². The van der Waals surface area contributed by atoms with Crippen molar-refractivity contribution >= 4 is 0 Å². The van der Waals surface area contributed by atoms with Crippen LogP contribution in [0.4, 0.5) is 0 Å². The van der Waals surface area contributed by atoms with Gasteiger partial charge in [-0.05, 0) is 18.1 Å². The van der Waals surface area contributed by atoms with Gasteiger partial charge in [0.2, 0.25) is 0 Å². The van der Waals surface area contributed by atoms with E-state index in [0.717, 1.165) is 38.3 Å². The minimum atomic E-state index is 0.345. The Hall–Kier alpha value is -1.06. The molecule has 2 unspecified atom stereocenters. The molecule has 1 fully saturated rings. The fraction of sp³-hybridized carbons (Fsp3) is 0.600. The topological polar surface area (TPSA) is 24.5 Å². The highest BCUT2D eigenvalue weighted by Gasteiger charge is 2.26. The summed E-state index contributed by atoms with van der Waals surface area (Å²) in [6, 6.07) is 9.08. The van der Waals surface area contributed by atoms with Crippen molar-refractivity contribution in [3.63, 3.8) is 0 Å². The Bertz CT molecular complexity index is 382. The maximum atomic E-state index is 6.02. The summed E-state index contributed by atoms with van der Waals surface area (Å²) in [6.07, 6.45) is 2.62. The van der Waals surface area contributed by atoms with E-state index in [2.05, 4.69) is 41.4 Å². The second-order valence-electron chi connectivity index (χ2n) is 5.37. The van der Waals surface area contributed by atoms with Crippen LogP contribution in [0, 0.1) is 0 Å². The average molecular weight is 246 g/mol. The van der Waals surface area contributed by atoms with Crippen LogP contribution in [0.2, 0.25) is 0 Å². The molecule has 3 rings (SSSR count). The second kappa shape index (κ2) is 5.29. The van der Waals surface area contributed by atoms with E-state index in [0.29, 0.717) is 12.1 Å². The molecule has 0 saturated carbocycles. The van der Waals surface area contributed by atoms with E-state index < -0.39 is 0 Å². The molecule has 2 atom stereocenters. The van der Waals surface area contributed by atoms with Gasteiger partial charge in [-0.15, -0.1) is 0 Å².